The fraction of sp³-hybridized carbons (Fsp3) is 0.571. The van der Waals surface area contributed by atoms with Crippen molar-refractivity contribution in [2.75, 3.05) is 33.0 Å². The molecule has 0 radical (unpaired) electrons. The molecule has 0 saturated carbocycles. The summed E-state index contributed by atoms with van der Waals surface area (Å²) >= 11 is 0. The van der Waals surface area contributed by atoms with Crippen LogP contribution in [0.15, 0.2) is 38.0 Å². The Hall–Kier alpha value is -3.08. The molecule has 0 saturated heterocycles. The number of allylic oxidation sites excluding steroid dienone is 2. The van der Waals surface area contributed by atoms with Gasteiger partial charge in [-0.05, 0) is 12.2 Å². The maximum atomic E-state index is 14.9. The molecule has 248 valence electrons. The molecule has 0 aromatic carbocycles. The van der Waals surface area contributed by atoms with Gasteiger partial charge >= 0.3 is 41.7 Å². The van der Waals surface area contributed by atoms with Gasteiger partial charge in [0.2, 0.25) is 11.6 Å². The van der Waals surface area contributed by atoms with Crippen LogP contribution in [0.2, 0.25) is 0 Å². The normalized spacial score (nSPS) is 14.9. The topological polar surface area (TPSA) is 107 Å². The van der Waals surface area contributed by atoms with Crippen LogP contribution in [0.5, 0.6) is 0 Å². The van der Waals surface area contributed by atoms with Crippen molar-refractivity contribution in [1.82, 2.24) is 0 Å². The second kappa shape index (κ2) is 14.6. The van der Waals surface area contributed by atoms with E-state index in [2.05, 4.69) is 48.8 Å². The lowest BCUT2D eigenvalue weighted by Gasteiger charge is -2.30. The van der Waals surface area contributed by atoms with Crippen molar-refractivity contribution in [1.29, 1.82) is 0 Å². The van der Waals surface area contributed by atoms with Crippen LogP contribution in [0, 0.1) is 0 Å². The van der Waals surface area contributed by atoms with Crippen LogP contribution in [0.4, 0.5) is 57.1 Å². The molecular weight excluding hydrogens is 643 g/mol. The van der Waals surface area contributed by atoms with Crippen LogP contribution in [-0.2, 0) is 43.4 Å². The molecule has 1 atom stereocenters. The highest BCUT2D eigenvalue weighted by Gasteiger charge is 2.63. The molecule has 0 bridgehead atoms. The first-order chi connectivity index (χ1) is 19.3. The molecule has 9 nitrogen and oxygen atoms in total. The first-order valence-electron chi connectivity index (χ1n) is 10.6. The van der Waals surface area contributed by atoms with Gasteiger partial charge in [0.05, 0.1) is 0 Å². The zero-order chi connectivity index (χ0) is 34.1. The Balaban J connectivity index is 5.78. The molecule has 0 fully saturated rings. The molecular formula is C21H19F13O9. The molecule has 0 aliphatic rings. The Bertz CT molecular complexity index is 1030. The highest BCUT2D eigenvalue weighted by molar-refractivity contribution is 5.96. The van der Waals surface area contributed by atoms with Gasteiger partial charge in [0.25, 0.3) is 5.85 Å². The maximum absolute atomic E-state index is 14.9. The third-order valence-electron chi connectivity index (χ3n) is 4.41. The summed E-state index contributed by atoms with van der Waals surface area (Å²) < 4.78 is 185. The molecule has 22 heteroatoms. The van der Waals surface area contributed by atoms with Gasteiger partial charge in [-0.2, -0.15) is 57.6 Å². The van der Waals surface area contributed by atoms with Gasteiger partial charge in [-0.25, -0.2) is 23.8 Å². The summed E-state index contributed by atoms with van der Waals surface area (Å²) in [5.74, 6) is -38.9. The fourth-order valence-electron chi connectivity index (χ4n) is 1.95. The van der Waals surface area contributed by atoms with Crippen LogP contribution in [0.25, 0.3) is 0 Å². The summed E-state index contributed by atoms with van der Waals surface area (Å²) in [5.41, 5.74) is 0. The number of hydrogen-bond donors (Lipinski definition) is 0. The average molecular weight is 662 g/mol. The molecule has 0 heterocycles. The second-order valence-electron chi connectivity index (χ2n) is 7.77. The van der Waals surface area contributed by atoms with Gasteiger partial charge < -0.3 is 9.47 Å². The first-order valence-corrected chi connectivity index (χ1v) is 10.6. The van der Waals surface area contributed by atoms with Crippen LogP contribution in [0.3, 0.4) is 0 Å². The minimum Gasteiger partial charge on any atom is -0.456 e. The smallest absolute Gasteiger partial charge is 0.423 e. The Kier molecular flexibility index (Phi) is 13.6. The Morgan fingerprint density at radius 1 is 0.535 bits per heavy atom. The number of rotatable bonds is 22. The Labute approximate surface area is 231 Å². The van der Waals surface area contributed by atoms with E-state index in [9.17, 15) is 71.5 Å². The fourth-order valence-corrected chi connectivity index (χ4v) is 1.95. The van der Waals surface area contributed by atoms with Crippen LogP contribution < -0.4 is 0 Å². The highest BCUT2D eigenvalue weighted by atomic mass is 19.3. The largest absolute Gasteiger partial charge is 0.456 e. The van der Waals surface area contributed by atoms with Crippen molar-refractivity contribution in [2.45, 2.75) is 41.6 Å². The zero-order valence-corrected chi connectivity index (χ0v) is 21.0. The van der Waals surface area contributed by atoms with Crippen molar-refractivity contribution < 1.29 is 100 Å². The quantitative estimate of drug-likeness (QED) is 0.0412. The van der Waals surface area contributed by atoms with E-state index in [0.29, 0.717) is 0 Å². The van der Waals surface area contributed by atoms with Crippen LogP contribution in [0.1, 0.15) is 0 Å². The van der Waals surface area contributed by atoms with Crippen molar-refractivity contribution in [3.8, 4) is 0 Å². The van der Waals surface area contributed by atoms with Gasteiger partial charge in [-0.15, -0.1) is 0 Å². The van der Waals surface area contributed by atoms with E-state index in [1.807, 2.05) is 0 Å². The van der Waals surface area contributed by atoms with Gasteiger partial charge in [-0.3, -0.25) is 9.59 Å². The SMILES string of the molecule is C=CC(=O)OCC(F)(F)C(F)(F)OCC(F)(COOCC(F)(F)C(F)(F)C(=O)C=C)OOCC(F)(F)C(F)(F)C(=O)C=C. The standard InChI is InChI=1S/C21H19F13O9/c1-4-12(35)19(29,30)16(23,24)10-41-40-8-15(22,43-42-11-17(25,26)20(31,32)13(36)5-2)7-39-21(33,34)18(27,28)9-38-14(37)6-3/h4-6H,1-3,7-11H2. The molecule has 0 spiro atoms. The predicted molar refractivity (Wildman–Crippen MR) is 110 cm³/mol. The van der Waals surface area contributed by atoms with Gasteiger partial charge in [-0.1, -0.05) is 19.7 Å². The summed E-state index contributed by atoms with van der Waals surface area (Å²) in [6.45, 7) is -5.02. The summed E-state index contributed by atoms with van der Waals surface area (Å²) in [7, 11) is 0. The minimum atomic E-state index is -5.84. The van der Waals surface area contributed by atoms with Gasteiger partial charge in [0.1, 0.15) is 13.2 Å². The van der Waals surface area contributed by atoms with Crippen LogP contribution >= 0.6 is 0 Å². The van der Waals surface area contributed by atoms with E-state index in [-0.39, 0.29) is 18.2 Å². The minimum absolute atomic E-state index is 0.222. The van der Waals surface area contributed by atoms with Crippen LogP contribution in [-0.4, -0.2) is 92.1 Å². The molecule has 0 amide bonds. The van der Waals surface area contributed by atoms with E-state index in [1.54, 1.807) is 0 Å². The number of carbonyl (C=O) groups is 3. The lowest BCUT2D eigenvalue weighted by molar-refractivity contribution is -0.466. The van der Waals surface area contributed by atoms with E-state index in [0.717, 1.165) is 0 Å². The molecule has 43 heavy (non-hydrogen) atoms. The molecule has 0 rings (SSSR count). The molecule has 0 N–H and O–H groups in total. The summed E-state index contributed by atoms with van der Waals surface area (Å²) in [6.07, 6.45) is -6.06. The maximum Gasteiger partial charge on any atom is 0.423 e. The lowest BCUT2D eigenvalue weighted by atomic mass is 10.1. The predicted octanol–water partition coefficient (Wildman–Crippen LogP) is 4.57. The third-order valence-corrected chi connectivity index (χ3v) is 4.41. The summed E-state index contributed by atoms with van der Waals surface area (Å²) in [4.78, 5) is 46.8. The summed E-state index contributed by atoms with van der Waals surface area (Å²) in [6, 6.07) is 0. The Morgan fingerprint density at radius 3 is 1.37 bits per heavy atom. The molecule has 0 aliphatic heterocycles. The summed E-state index contributed by atoms with van der Waals surface area (Å²) in [5, 5.41) is 0. The average Bonchev–Trinajstić information content (AvgIpc) is 2.91. The van der Waals surface area contributed by atoms with E-state index in [4.69, 9.17) is 0 Å². The number of esters is 1. The van der Waals surface area contributed by atoms with Gasteiger partial charge in [0.15, 0.2) is 19.8 Å². The van der Waals surface area contributed by atoms with E-state index in [1.165, 1.54) is 0 Å². The number of hydrogen-bond acceptors (Lipinski definition) is 9. The molecule has 0 aromatic heterocycles. The number of ether oxygens (including phenoxy) is 2. The zero-order valence-electron chi connectivity index (χ0n) is 21.0. The molecule has 1 unspecified atom stereocenters. The third kappa shape index (κ3) is 10.3. The Morgan fingerprint density at radius 2 is 0.953 bits per heavy atom. The van der Waals surface area contributed by atoms with Crippen molar-refractivity contribution >= 4 is 17.5 Å². The van der Waals surface area contributed by atoms with Gasteiger partial charge in [0, 0.05) is 6.08 Å². The van der Waals surface area contributed by atoms with Crippen molar-refractivity contribution in [2.24, 2.45) is 0 Å². The number of carbonyl (C=O) groups excluding carboxylic acids is 3. The lowest BCUT2D eigenvalue weighted by Crippen LogP contribution is -2.52. The highest BCUT2D eigenvalue weighted by Crippen LogP contribution is 2.39. The van der Waals surface area contributed by atoms with Crippen molar-refractivity contribution in [3.05, 3.63) is 38.0 Å². The molecule has 0 aliphatic carbocycles. The monoisotopic (exact) mass is 662 g/mol. The van der Waals surface area contributed by atoms with E-state index >= 15 is 0 Å². The second-order valence-corrected chi connectivity index (χ2v) is 7.77. The number of halogens is 13. The number of alkyl halides is 13. The number of ketones is 2. The first kappa shape index (κ1) is 39.9. The van der Waals surface area contributed by atoms with Crippen molar-refractivity contribution in [3.63, 3.8) is 0 Å². The van der Waals surface area contributed by atoms with E-state index < -0.39 is 92.1 Å². The molecule has 0 aromatic rings.